The molecule has 0 saturated carbocycles. The predicted molar refractivity (Wildman–Crippen MR) is 88.2 cm³/mol. The molecule has 0 fully saturated rings. The number of carbonyl (C=O) groups excluding carboxylic acids is 1. The third-order valence-electron chi connectivity index (χ3n) is 3.03. The third kappa shape index (κ3) is 3.98. The van der Waals surface area contributed by atoms with Crippen molar-refractivity contribution in [2.75, 3.05) is 12.4 Å². The predicted octanol–water partition coefficient (Wildman–Crippen LogP) is 4.30. The smallest absolute Gasteiger partial charge is 0.271 e. The molecule has 2 rings (SSSR count). The van der Waals surface area contributed by atoms with Crippen LogP contribution in [-0.2, 0) is 11.3 Å². The van der Waals surface area contributed by atoms with Crippen LogP contribution in [0.3, 0.4) is 0 Å². The largest absolute Gasteiger partial charge is 0.380 e. The van der Waals surface area contributed by atoms with Gasteiger partial charge in [0.25, 0.3) is 11.6 Å². The molecule has 1 N–H and O–H groups in total. The van der Waals surface area contributed by atoms with E-state index in [4.69, 9.17) is 27.9 Å². The van der Waals surface area contributed by atoms with Crippen LogP contribution in [0.4, 0.5) is 11.4 Å². The number of anilines is 1. The van der Waals surface area contributed by atoms with Crippen LogP contribution in [0.1, 0.15) is 15.9 Å². The molecule has 1 amide bonds. The summed E-state index contributed by atoms with van der Waals surface area (Å²) < 4.78 is 5.06. The van der Waals surface area contributed by atoms with Gasteiger partial charge >= 0.3 is 0 Å². The van der Waals surface area contributed by atoms with E-state index in [0.717, 1.165) is 17.7 Å². The first-order chi connectivity index (χ1) is 10.9. The fraction of sp³-hybridized carbons (Fsp3) is 0.133. The molecule has 0 aliphatic rings. The highest BCUT2D eigenvalue weighted by Gasteiger charge is 2.20. The molecule has 0 aromatic heterocycles. The Bertz CT molecular complexity index is 765. The SMILES string of the molecule is COCc1ccccc1NC(=O)c1cc([N+](=O)[O-])cc(Cl)c1Cl. The van der Waals surface area contributed by atoms with Gasteiger partial charge in [-0.05, 0) is 6.07 Å². The van der Waals surface area contributed by atoms with Crippen LogP contribution in [-0.4, -0.2) is 17.9 Å². The molecule has 0 radical (unpaired) electrons. The number of hydrogen-bond acceptors (Lipinski definition) is 4. The average molecular weight is 355 g/mol. The zero-order valence-corrected chi connectivity index (χ0v) is 13.5. The molecule has 2 aromatic rings. The minimum Gasteiger partial charge on any atom is -0.380 e. The van der Waals surface area contributed by atoms with Gasteiger partial charge in [0.15, 0.2) is 0 Å². The van der Waals surface area contributed by atoms with Crippen molar-refractivity contribution >= 4 is 40.5 Å². The van der Waals surface area contributed by atoms with E-state index in [1.165, 1.54) is 7.11 Å². The number of methoxy groups -OCH3 is 1. The second kappa shape index (κ2) is 7.41. The molecule has 0 saturated heterocycles. The maximum Gasteiger partial charge on any atom is 0.271 e. The second-order valence-corrected chi connectivity index (χ2v) is 5.38. The Kier molecular flexibility index (Phi) is 5.54. The molecular formula is C15H12Cl2N2O4. The van der Waals surface area contributed by atoms with Gasteiger partial charge in [-0.1, -0.05) is 41.4 Å². The number of non-ortho nitro benzene ring substituents is 1. The molecule has 120 valence electrons. The number of nitro benzene ring substituents is 1. The molecule has 0 spiro atoms. The van der Waals surface area contributed by atoms with Crippen LogP contribution in [0.2, 0.25) is 10.0 Å². The maximum atomic E-state index is 12.4. The normalized spacial score (nSPS) is 10.4. The van der Waals surface area contributed by atoms with Gasteiger partial charge in [0, 0.05) is 30.5 Å². The fourth-order valence-electron chi connectivity index (χ4n) is 1.96. The summed E-state index contributed by atoms with van der Waals surface area (Å²) in [6.45, 7) is 0.305. The summed E-state index contributed by atoms with van der Waals surface area (Å²) in [6, 6.07) is 9.22. The Morgan fingerprint density at radius 2 is 2.00 bits per heavy atom. The van der Waals surface area contributed by atoms with Crippen molar-refractivity contribution < 1.29 is 14.5 Å². The molecular weight excluding hydrogens is 343 g/mol. The van der Waals surface area contributed by atoms with Crippen LogP contribution < -0.4 is 5.32 Å². The van der Waals surface area contributed by atoms with Gasteiger partial charge in [-0.2, -0.15) is 0 Å². The van der Waals surface area contributed by atoms with Crippen molar-refractivity contribution in [1.29, 1.82) is 0 Å². The Hall–Kier alpha value is -2.15. The summed E-state index contributed by atoms with van der Waals surface area (Å²) in [5.74, 6) is -0.593. The van der Waals surface area contributed by atoms with E-state index in [-0.39, 0.29) is 21.3 Å². The molecule has 23 heavy (non-hydrogen) atoms. The Morgan fingerprint density at radius 1 is 1.30 bits per heavy atom. The second-order valence-electron chi connectivity index (χ2n) is 4.59. The minimum absolute atomic E-state index is 0.0426. The van der Waals surface area contributed by atoms with Gasteiger partial charge in [-0.25, -0.2) is 0 Å². The van der Waals surface area contributed by atoms with Crippen molar-refractivity contribution in [3.05, 3.63) is 67.7 Å². The first-order valence-electron chi connectivity index (χ1n) is 6.45. The van der Waals surface area contributed by atoms with Crippen LogP contribution >= 0.6 is 23.2 Å². The van der Waals surface area contributed by atoms with Crippen molar-refractivity contribution in [2.24, 2.45) is 0 Å². The number of carbonyl (C=O) groups is 1. The number of halogens is 2. The van der Waals surface area contributed by atoms with Gasteiger partial charge < -0.3 is 10.1 Å². The van der Waals surface area contributed by atoms with Gasteiger partial charge in [0.05, 0.1) is 27.1 Å². The fourth-order valence-corrected chi connectivity index (χ4v) is 2.37. The number of rotatable bonds is 5. The van der Waals surface area contributed by atoms with Crippen molar-refractivity contribution in [1.82, 2.24) is 0 Å². The topological polar surface area (TPSA) is 81.5 Å². The number of hydrogen-bond donors (Lipinski definition) is 1. The van der Waals surface area contributed by atoms with Crippen molar-refractivity contribution in [3.8, 4) is 0 Å². The van der Waals surface area contributed by atoms with Gasteiger partial charge in [0.2, 0.25) is 0 Å². The molecule has 0 aliphatic heterocycles. The van der Waals surface area contributed by atoms with E-state index in [1.54, 1.807) is 24.3 Å². The van der Waals surface area contributed by atoms with Gasteiger partial charge in [0.1, 0.15) is 0 Å². The van der Waals surface area contributed by atoms with E-state index < -0.39 is 10.8 Å². The number of nitrogens with one attached hydrogen (secondary N) is 1. The highest BCUT2D eigenvalue weighted by Crippen LogP contribution is 2.31. The first kappa shape index (κ1) is 17.2. The van der Waals surface area contributed by atoms with Crippen LogP contribution in [0.5, 0.6) is 0 Å². The average Bonchev–Trinajstić information content (AvgIpc) is 2.51. The standard InChI is InChI=1S/C15H12Cl2N2O4/c1-23-8-9-4-2-3-5-13(9)18-15(20)11-6-10(19(21)22)7-12(16)14(11)17/h2-7H,8H2,1H3,(H,18,20). The molecule has 0 bridgehead atoms. The van der Waals surface area contributed by atoms with E-state index in [2.05, 4.69) is 5.32 Å². The summed E-state index contributed by atoms with van der Waals surface area (Å²) >= 11 is 11.8. The molecule has 0 aliphatic carbocycles. The Labute approximate surface area is 142 Å². The molecule has 0 heterocycles. The summed E-state index contributed by atoms with van der Waals surface area (Å²) in [7, 11) is 1.54. The summed E-state index contributed by atoms with van der Waals surface area (Å²) in [5, 5.41) is 13.5. The monoisotopic (exact) mass is 354 g/mol. The van der Waals surface area contributed by atoms with Gasteiger partial charge in [-0.3, -0.25) is 14.9 Å². The number of nitro groups is 1. The van der Waals surface area contributed by atoms with Crippen LogP contribution in [0, 0.1) is 10.1 Å². The lowest BCUT2D eigenvalue weighted by Gasteiger charge is -2.11. The van der Waals surface area contributed by atoms with Crippen molar-refractivity contribution in [2.45, 2.75) is 6.61 Å². The number of para-hydroxylation sites is 1. The Balaban J connectivity index is 2.37. The van der Waals surface area contributed by atoms with Crippen molar-refractivity contribution in [3.63, 3.8) is 0 Å². The highest BCUT2D eigenvalue weighted by atomic mass is 35.5. The van der Waals surface area contributed by atoms with E-state index in [0.29, 0.717) is 12.3 Å². The van der Waals surface area contributed by atoms with E-state index in [1.807, 2.05) is 0 Å². The summed E-state index contributed by atoms with van der Waals surface area (Å²) in [4.78, 5) is 22.7. The maximum absolute atomic E-state index is 12.4. The quantitative estimate of drug-likeness (QED) is 0.640. The first-order valence-corrected chi connectivity index (χ1v) is 7.21. The molecule has 8 heteroatoms. The van der Waals surface area contributed by atoms with Gasteiger partial charge in [-0.15, -0.1) is 0 Å². The van der Waals surface area contributed by atoms with Crippen LogP contribution in [0.25, 0.3) is 0 Å². The minimum atomic E-state index is -0.641. The third-order valence-corrected chi connectivity index (χ3v) is 3.84. The zero-order chi connectivity index (χ0) is 17.0. The molecule has 0 unspecified atom stereocenters. The lowest BCUT2D eigenvalue weighted by atomic mass is 10.1. The molecule has 0 atom stereocenters. The number of amides is 1. The van der Waals surface area contributed by atoms with Crippen LogP contribution in [0.15, 0.2) is 36.4 Å². The summed E-state index contributed by atoms with van der Waals surface area (Å²) in [6.07, 6.45) is 0. The number of benzene rings is 2. The molecule has 2 aromatic carbocycles. The van der Waals surface area contributed by atoms with E-state index >= 15 is 0 Å². The highest BCUT2D eigenvalue weighted by molar-refractivity contribution is 6.44. The lowest BCUT2D eigenvalue weighted by molar-refractivity contribution is -0.384. The molecule has 6 nitrogen and oxygen atoms in total. The summed E-state index contributed by atoms with van der Waals surface area (Å²) in [5.41, 5.74) is 0.904. The van der Waals surface area contributed by atoms with E-state index in [9.17, 15) is 14.9 Å². The Morgan fingerprint density at radius 3 is 2.65 bits per heavy atom. The lowest BCUT2D eigenvalue weighted by Crippen LogP contribution is -2.14. The zero-order valence-electron chi connectivity index (χ0n) is 12.0. The number of ether oxygens (including phenoxy) is 1. The number of nitrogens with zero attached hydrogens (tertiary/aromatic N) is 1.